The minimum absolute atomic E-state index is 0.212. The Labute approximate surface area is 189 Å². The number of carbonyl (C=O) groups excluding carboxylic acids is 2. The highest BCUT2D eigenvalue weighted by Crippen LogP contribution is 2.23. The molecule has 3 rings (SSSR count). The van der Waals surface area contributed by atoms with Crippen molar-refractivity contribution in [2.45, 2.75) is 13.5 Å². The van der Waals surface area contributed by atoms with Gasteiger partial charge in [-0.3, -0.25) is 9.59 Å². The summed E-state index contributed by atoms with van der Waals surface area (Å²) in [5.41, 5.74) is 4.94. The first kappa shape index (κ1) is 22.3. The number of hydrogen-bond donors (Lipinski definition) is 2. The topological polar surface area (TPSA) is 79.8 Å². The molecule has 6 nitrogen and oxygen atoms in total. The number of hydrogen-bond acceptors (Lipinski definition) is 4. The molecule has 0 heterocycles. The van der Waals surface area contributed by atoms with Gasteiger partial charge in [0.25, 0.3) is 5.91 Å². The Morgan fingerprint density at radius 2 is 1.84 bits per heavy atom. The molecule has 2 amide bonds. The van der Waals surface area contributed by atoms with Crippen LogP contribution in [0.15, 0.2) is 71.8 Å². The Bertz CT molecular complexity index is 1130. The average molecular weight is 456 g/mol. The third-order valence-corrected chi connectivity index (χ3v) is 4.68. The smallest absolute Gasteiger partial charge is 0.271 e. The molecule has 0 spiro atoms. The fourth-order valence-corrected chi connectivity index (χ4v) is 3.12. The van der Waals surface area contributed by atoms with Gasteiger partial charge in [-0.1, -0.05) is 47.5 Å². The number of rotatable bonds is 7. The summed E-state index contributed by atoms with van der Waals surface area (Å²) >= 11 is 12.1. The standard InChI is InChI=1S/C23H19Cl2N3O3/c1-15(29)27-20-6-3-5-17(11-20)23(30)28-26-13-16-4-2-7-21(10-16)31-14-18-8-9-19(24)12-22(18)25/h2-13H,14H2,1H3,(H,27,29)(H,28,30)/b26-13-. The van der Waals surface area contributed by atoms with Crippen molar-refractivity contribution in [3.63, 3.8) is 0 Å². The minimum atomic E-state index is -0.395. The van der Waals surface area contributed by atoms with Gasteiger partial charge in [0.2, 0.25) is 5.91 Å². The van der Waals surface area contributed by atoms with E-state index in [1.165, 1.54) is 13.1 Å². The molecule has 0 saturated heterocycles. The van der Waals surface area contributed by atoms with E-state index in [1.807, 2.05) is 24.3 Å². The SMILES string of the molecule is CC(=O)Nc1cccc(C(=O)N/N=C\c2cccc(OCc3ccc(Cl)cc3Cl)c2)c1. The second-order valence-corrected chi connectivity index (χ2v) is 7.40. The molecule has 31 heavy (non-hydrogen) atoms. The number of hydrazone groups is 1. The number of nitrogens with one attached hydrogen (secondary N) is 2. The fourth-order valence-electron chi connectivity index (χ4n) is 2.66. The predicted octanol–water partition coefficient (Wildman–Crippen LogP) is 5.29. The number of ether oxygens (including phenoxy) is 1. The molecule has 0 fully saturated rings. The van der Waals surface area contributed by atoms with Crippen molar-refractivity contribution in [2.24, 2.45) is 5.10 Å². The zero-order chi connectivity index (χ0) is 22.2. The Hall–Kier alpha value is -3.35. The van der Waals surface area contributed by atoms with Crippen molar-refractivity contribution < 1.29 is 14.3 Å². The van der Waals surface area contributed by atoms with Crippen molar-refractivity contribution in [2.75, 3.05) is 5.32 Å². The van der Waals surface area contributed by atoms with Crippen LogP contribution >= 0.6 is 23.2 Å². The van der Waals surface area contributed by atoms with Gasteiger partial charge in [0.15, 0.2) is 0 Å². The Kier molecular flexibility index (Phi) is 7.65. The van der Waals surface area contributed by atoms with E-state index in [0.717, 1.165) is 11.1 Å². The molecule has 3 aromatic carbocycles. The van der Waals surface area contributed by atoms with E-state index >= 15 is 0 Å². The van der Waals surface area contributed by atoms with Gasteiger partial charge in [-0.25, -0.2) is 5.43 Å². The van der Waals surface area contributed by atoms with Crippen LogP contribution in [-0.2, 0) is 11.4 Å². The molecule has 0 aliphatic heterocycles. The summed E-state index contributed by atoms with van der Waals surface area (Å²) in [6.45, 7) is 1.69. The van der Waals surface area contributed by atoms with Crippen molar-refractivity contribution in [3.8, 4) is 5.75 Å². The van der Waals surface area contributed by atoms with Crippen LogP contribution in [0.5, 0.6) is 5.75 Å². The number of amides is 2. The van der Waals surface area contributed by atoms with Crippen LogP contribution in [-0.4, -0.2) is 18.0 Å². The van der Waals surface area contributed by atoms with Gasteiger partial charge in [0.1, 0.15) is 12.4 Å². The lowest BCUT2D eigenvalue weighted by molar-refractivity contribution is -0.114. The largest absolute Gasteiger partial charge is 0.489 e. The lowest BCUT2D eigenvalue weighted by atomic mass is 10.2. The van der Waals surface area contributed by atoms with E-state index in [0.29, 0.717) is 27.0 Å². The van der Waals surface area contributed by atoms with E-state index in [-0.39, 0.29) is 12.5 Å². The summed E-state index contributed by atoms with van der Waals surface area (Å²) in [5.74, 6) is 0.0218. The zero-order valence-electron chi connectivity index (χ0n) is 16.6. The molecule has 158 valence electrons. The first-order valence-electron chi connectivity index (χ1n) is 9.28. The Morgan fingerprint density at radius 1 is 1.03 bits per heavy atom. The fraction of sp³-hybridized carbons (Fsp3) is 0.0870. The molecule has 0 radical (unpaired) electrons. The second-order valence-electron chi connectivity index (χ2n) is 6.56. The van der Waals surface area contributed by atoms with Crippen LogP contribution in [0.4, 0.5) is 5.69 Å². The first-order valence-corrected chi connectivity index (χ1v) is 10.0. The molecule has 8 heteroatoms. The summed E-state index contributed by atoms with van der Waals surface area (Å²) in [4.78, 5) is 23.4. The average Bonchev–Trinajstić information content (AvgIpc) is 2.73. The molecule has 0 saturated carbocycles. The molecule has 0 unspecified atom stereocenters. The molecule has 0 atom stereocenters. The Balaban J connectivity index is 1.59. The third kappa shape index (κ3) is 6.84. The van der Waals surface area contributed by atoms with Gasteiger partial charge in [0, 0.05) is 33.8 Å². The van der Waals surface area contributed by atoms with E-state index in [1.54, 1.807) is 42.5 Å². The normalized spacial score (nSPS) is 10.7. The van der Waals surface area contributed by atoms with E-state index in [9.17, 15) is 9.59 Å². The maximum Gasteiger partial charge on any atom is 0.271 e. The molecule has 0 aliphatic rings. The van der Waals surface area contributed by atoms with Gasteiger partial charge in [0.05, 0.1) is 6.21 Å². The van der Waals surface area contributed by atoms with Gasteiger partial charge in [-0.05, 0) is 48.0 Å². The van der Waals surface area contributed by atoms with Crippen LogP contribution in [0.3, 0.4) is 0 Å². The highest BCUT2D eigenvalue weighted by molar-refractivity contribution is 6.35. The lowest BCUT2D eigenvalue weighted by Gasteiger charge is -2.08. The number of carbonyl (C=O) groups is 2. The van der Waals surface area contributed by atoms with Crippen molar-refractivity contribution in [3.05, 3.63) is 93.5 Å². The van der Waals surface area contributed by atoms with Crippen molar-refractivity contribution in [1.29, 1.82) is 0 Å². The van der Waals surface area contributed by atoms with E-state index < -0.39 is 5.91 Å². The van der Waals surface area contributed by atoms with Crippen LogP contribution in [0.25, 0.3) is 0 Å². The highest BCUT2D eigenvalue weighted by atomic mass is 35.5. The van der Waals surface area contributed by atoms with Gasteiger partial charge in [-0.2, -0.15) is 5.10 Å². The van der Waals surface area contributed by atoms with Crippen LogP contribution < -0.4 is 15.5 Å². The maximum absolute atomic E-state index is 12.3. The maximum atomic E-state index is 12.3. The first-order chi connectivity index (χ1) is 14.9. The molecule has 0 aliphatic carbocycles. The molecule has 3 aromatic rings. The minimum Gasteiger partial charge on any atom is -0.489 e. The predicted molar refractivity (Wildman–Crippen MR) is 123 cm³/mol. The van der Waals surface area contributed by atoms with E-state index in [4.69, 9.17) is 27.9 Å². The monoisotopic (exact) mass is 455 g/mol. The summed E-state index contributed by atoms with van der Waals surface area (Å²) in [7, 11) is 0. The zero-order valence-corrected chi connectivity index (χ0v) is 18.1. The van der Waals surface area contributed by atoms with Crippen LogP contribution in [0, 0.1) is 0 Å². The summed E-state index contributed by atoms with van der Waals surface area (Å²) < 4.78 is 5.78. The third-order valence-electron chi connectivity index (χ3n) is 4.09. The quantitative estimate of drug-likeness (QED) is 0.374. The van der Waals surface area contributed by atoms with Gasteiger partial charge >= 0.3 is 0 Å². The molecular weight excluding hydrogens is 437 g/mol. The summed E-state index contributed by atoms with van der Waals surface area (Å²) in [6, 6.07) is 19.1. The summed E-state index contributed by atoms with van der Waals surface area (Å²) in [5, 5.41) is 7.72. The second kappa shape index (κ2) is 10.6. The van der Waals surface area contributed by atoms with Gasteiger partial charge < -0.3 is 10.1 Å². The van der Waals surface area contributed by atoms with Crippen LogP contribution in [0.1, 0.15) is 28.4 Å². The lowest BCUT2D eigenvalue weighted by Crippen LogP contribution is -2.18. The molecule has 2 N–H and O–H groups in total. The number of halogens is 2. The van der Waals surface area contributed by atoms with E-state index in [2.05, 4.69) is 15.8 Å². The van der Waals surface area contributed by atoms with Crippen molar-refractivity contribution in [1.82, 2.24) is 5.43 Å². The molecular formula is C23H19Cl2N3O3. The number of benzene rings is 3. The Morgan fingerprint density at radius 3 is 2.61 bits per heavy atom. The van der Waals surface area contributed by atoms with Gasteiger partial charge in [-0.15, -0.1) is 0 Å². The van der Waals surface area contributed by atoms with Crippen LogP contribution in [0.2, 0.25) is 10.0 Å². The summed E-state index contributed by atoms with van der Waals surface area (Å²) in [6.07, 6.45) is 1.51. The number of anilines is 1. The molecule has 0 bridgehead atoms. The molecule has 0 aromatic heterocycles. The number of nitrogens with zero attached hydrogens (tertiary/aromatic N) is 1. The van der Waals surface area contributed by atoms with Crippen molar-refractivity contribution >= 4 is 46.9 Å². The highest BCUT2D eigenvalue weighted by Gasteiger charge is 2.06.